The summed E-state index contributed by atoms with van der Waals surface area (Å²) in [5, 5.41) is 2.71. The smallest absolute Gasteiger partial charge is 0.230 e. The maximum atomic E-state index is 12.3. The van der Waals surface area contributed by atoms with E-state index in [2.05, 4.69) is 24.9 Å². The monoisotopic (exact) mass is 398 g/mol. The molecule has 4 nitrogen and oxygen atoms in total. The number of benzene rings is 2. The Kier molecular flexibility index (Phi) is 6.19. The number of hydrogen-bond donors (Lipinski definition) is 0. The Bertz CT molecular complexity index is 953. The molecule has 1 amide bonds. The van der Waals surface area contributed by atoms with E-state index in [0.29, 0.717) is 5.13 Å². The van der Waals surface area contributed by atoms with Gasteiger partial charge in [0.05, 0.1) is 18.5 Å². The highest BCUT2D eigenvalue weighted by molar-refractivity contribution is 7.98. The van der Waals surface area contributed by atoms with Crippen molar-refractivity contribution in [3.8, 4) is 5.75 Å². The molecule has 0 saturated carbocycles. The Hall–Kier alpha value is -2.31. The van der Waals surface area contributed by atoms with Crippen LogP contribution in [0.1, 0.15) is 23.7 Å². The maximum absolute atomic E-state index is 12.3. The molecule has 0 aliphatic rings. The Labute approximate surface area is 168 Å². The summed E-state index contributed by atoms with van der Waals surface area (Å²) in [6.45, 7) is 5.69. The molecule has 0 saturated heterocycles. The minimum atomic E-state index is -0.0420. The molecule has 0 spiro atoms. The summed E-state index contributed by atoms with van der Waals surface area (Å²) in [6, 6.07) is 14.0. The van der Waals surface area contributed by atoms with Crippen LogP contribution < -0.4 is 9.64 Å². The van der Waals surface area contributed by atoms with Crippen LogP contribution in [-0.4, -0.2) is 18.0 Å². The van der Waals surface area contributed by atoms with Crippen LogP contribution in [0, 0.1) is 13.8 Å². The van der Waals surface area contributed by atoms with Crippen molar-refractivity contribution < 1.29 is 9.53 Å². The molecule has 0 aliphatic heterocycles. The van der Waals surface area contributed by atoms with Gasteiger partial charge in [0.2, 0.25) is 5.91 Å². The lowest BCUT2D eigenvalue weighted by Crippen LogP contribution is -2.22. The number of aromatic nitrogens is 1. The minimum absolute atomic E-state index is 0.0420. The molecule has 0 fully saturated rings. The van der Waals surface area contributed by atoms with Crippen molar-refractivity contribution in [2.75, 3.05) is 12.0 Å². The van der Waals surface area contributed by atoms with Crippen LogP contribution in [0.15, 0.2) is 52.7 Å². The number of thioether (sulfide) groups is 1. The quantitative estimate of drug-likeness (QED) is 0.496. The van der Waals surface area contributed by atoms with Gasteiger partial charge in [-0.15, -0.1) is 23.1 Å². The second-order valence-corrected chi connectivity index (χ2v) is 8.10. The van der Waals surface area contributed by atoms with Crippen LogP contribution in [0.5, 0.6) is 5.75 Å². The number of carbonyl (C=O) groups excluding carboxylic acids is 1. The van der Waals surface area contributed by atoms with E-state index >= 15 is 0 Å². The van der Waals surface area contributed by atoms with Gasteiger partial charge in [0.15, 0.2) is 5.13 Å². The second-order valence-electron chi connectivity index (χ2n) is 6.21. The normalized spacial score (nSPS) is 10.7. The summed E-state index contributed by atoms with van der Waals surface area (Å²) in [7, 11) is 1.67. The van der Waals surface area contributed by atoms with Gasteiger partial charge in [0, 0.05) is 23.0 Å². The van der Waals surface area contributed by atoms with Crippen molar-refractivity contribution in [2.24, 2.45) is 0 Å². The number of rotatable bonds is 6. The minimum Gasteiger partial charge on any atom is -0.497 e. The topological polar surface area (TPSA) is 42.4 Å². The molecule has 0 unspecified atom stereocenters. The fourth-order valence-corrected chi connectivity index (χ4v) is 4.43. The molecule has 3 aromatic rings. The fourth-order valence-electron chi connectivity index (χ4n) is 2.61. The fraction of sp³-hybridized carbons (Fsp3) is 0.238. The number of hydrogen-bond acceptors (Lipinski definition) is 5. The van der Waals surface area contributed by atoms with Crippen LogP contribution in [0.4, 0.5) is 10.8 Å². The van der Waals surface area contributed by atoms with Gasteiger partial charge in [0.1, 0.15) is 5.75 Å². The van der Waals surface area contributed by atoms with Gasteiger partial charge in [-0.3, -0.25) is 9.69 Å². The SMILES string of the molecule is COc1cccc(SCc2csc(N(C(C)=O)c3ccc(C)c(C)c3)n2)c1. The van der Waals surface area contributed by atoms with Crippen molar-refractivity contribution in [3.05, 3.63) is 64.7 Å². The summed E-state index contributed by atoms with van der Waals surface area (Å²) in [6.07, 6.45) is 0. The van der Waals surface area contributed by atoms with E-state index in [1.54, 1.807) is 30.7 Å². The second kappa shape index (κ2) is 8.59. The molecule has 1 aromatic heterocycles. The maximum Gasteiger partial charge on any atom is 0.230 e. The zero-order valence-electron chi connectivity index (χ0n) is 15.9. The summed E-state index contributed by atoms with van der Waals surface area (Å²) >= 11 is 3.19. The van der Waals surface area contributed by atoms with Crippen LogP contribution in [0.25, 0.3) is 0 Å². The first-order chi connectivity index (χ1) is 13.0. The highest BCUT2D eigenvalue weighted by Crippen LogP contribution is 2.32. The number of nitrogens with zero attached hydrogens (tertiary/aromatic N) is 2. The number of amides is 1. The van der Waals surface area contributed by atoms with Gasteiger partial charge in [0.25, 0.3) is 0 Å². The van der Waals surface area contributed by atoms with E-state index in [9.17, 15) is 4.79 Å². The summed E-state index contributed by atoms with van der Waals surface area (Å²) in [5.74, 6) is 1.54. The first-order valence-corrected chi connectivity index (χ1v) is 10.4. The molecular formula is C21H22N2O2S2. The molecule has 0 radical (unpaired) electrons. The summed E-state index contributed by atoms with van der Waals surface area (Å²) < 4.78 is 5.26. The number of carbonyl (C=O) groups is 1. The molecule has 0 aliphatic carbocycles. The Morgan fingerprint density at radius 3 is 2.70 bits per heavy atom. The van der Waals surface area contributed by atoms with Crippen LogP contribution >= 0.6 is 23.1 Å². The molecule has 0 atom stereocenters. The standard InChI is InChI=1S/C21H22N2O2S2/c1-14-8-9-18(10-15(14)2)23(16(3)24)21-22-17(13-27-21)12-26-20-7-5-6-19(11-20)25-4/h5-11,13H,12H2,1-4H3. The average molecular weight is 399 g/mol. The first-order valence-electron chi connectivity index (χ1n) is 8.57. The highest BCUT2D eigenvalue weighted by atomic mass is 32.2. The number of ether oxygens (including phenoxy) is 1. The molecule has 0 bridgehead atoms. The van der Waals surface area contributed by atoms with Crippen molar-refractivity contribution in [3.63, 3.8) is 0 Å². The predicted molar refractivity (Wildman–Crippen MR) is 113 cm³/mol. The lowest BCUT2D eigenvalue weighted by atomic mass is 10.1. The van der Waals surface area contributed by atoms with E-state index in [1.807, 2.05) is 41.8 Å². The lowest BCUT2D eigenvalue weighted by Gasteiger charge is -2.19. The van der Waals surface area contributed by atoms with Gasteiger partial charge < -0.3 is 4.74 Å². The lowest BCUT2D eigenvalue weighted by molar-refractivity contribution is -0.115. The third-order valence-electron chi connectivity index (χ3n) is 4.22. The number of thiazole rings is 1. The number of aryl methyl sites for hydroxylation is 2. The summed E-state index contributed by atoms with van der Waals surface area (Å²) in [5.41, 5.74) is 4.17. The first kappa shape index (κ1) is 19.5. The molecule has 2 aromatic carbocycles. The predicted octanol–water partition coefficient (Wildman–Crippen LogP) is 5.75. The van der Waals surface area contributed by atoms with E-state index in [4.69, 9.17) is 4.74 Å². The van der Waals surface area contributed by atoms with E-state index in [-0.39, 0.29) is 5.91 Å². The third kappa shape index (κ3) is 4.70. The Balaban J connectivity index is 1.77. The van der Waals surface area contributed by atoms with Crippen molar-refractivity contribution in [1.29, 1.82) is 0 Å². The van der Waals surface area contributed by atoms with Gasteiger partial charge in [-0.2, -0.15) is 0 Å². The third-order valence-corrected chi connectivity index (χ3v) is 6.12. The average Bonchev–Trinajstić information content (AvgIpc) is 3.11. The Morgan fingerprint density at radius 2 is 2.00 bits per heavy atom. The molecule has 140 valence electrons. The van der Waals surface area contributed by atoms with Crippen molar-refractivity contribution in [1.82, 2.24) is 4.98 Å². The van der Waals surface area contributed by atoms with Gasteiger partial charge >= 0.3 is 0 Å². The van der Waals surface area contributed by atoms with E-state index in [0.717, 1.165) is 33.3 Å². The van der Waals surface area contributed by atoms with Crippen LogP contribution in [0.3, 0.4) is 0 Å². The van der Waals surface area contributed by atoms with Gasteiger partial charge in [-0.1, -0.05) is 12.1 Å². The van der Waals surface area contributed by atoms with E-state index in [1.165, 1.54) is 16.9 Å². The Morgan fingerprint density at radius 1 is 1.19 bits per heavy atom. The zero-order valence-corrected chi connectivity index (χ0v) is 17.5. The molecule has 1 heterocycles. The largest absolute Gasteiger partial charge is 0.497 e. The van der Waals surface area contributed by atoms with Gasteiger partial charge in [-0.25, -0.2) is 4.98 Å². The molecule has 27 heavy (non-hydrogen) atoms. The van der Waals surface area contributed by atoms with Crippen LogP contribution in [0.2, 0.25) is 0 Å². The van der Waals surface area contributed by atoms with Gasteiger partial charge in [-0.05, 0) is 55.3 Å². The van der Waals surface area contributed by atoms with Crippen molar-refractivity contribution >= 4 is 39.8 Å². The number of methoxy groups -OCH3 is 1. The molecular weight excluding hydrogens is 376 g/mol. The zero-order chi connectivity index (χ0) is 19.4. The number of anilines is 2. The van der Waals surface area contributed by atoms with Crippen LogP contribution in [-0.2, 0) is 10.5 Å². The molecule has 0 N–H and O–H groups in total. The summed E-state index contributed by atoms with van der Waals surface area (Å²) in [4.78, 5) is 19.8. The van der Waals surface area contributed by atoms with Crippen molar-refractivity contribution in [2.45, 2.75) is 31.4 Å². The molecule has 6 heteroatoms. The van der Waals surface area contributed by atoms with E-state index < -0.39 is 0 Å². The molecule has 3 rings (SSSR count). The highest BCUT2D eigenvalue weighted by Gasteiger charge is 2.18.